The maximum Gasteiger partial charge on any atom is 0.214 e. The molecule has 0 spiro atoms. The molecule has 0 aliphatic rings. The van der Waals surface area contributed by atoms with Crippen molar-refractivity contribution in [2.45, 2.75) is 23.0 Å². The van der Waals surface area contributed by atoms with E-state index < -0.39 is 0 Å². The van der Waals surface area contributed by atoms with Crippen molar-refractivity contribution in [2.24, 2.45) is 5.73 Å². The Hall–Kier alpha value is -2.04. The normalized spacial score (nSPS) is 11.9. The lowest BCUT2D eigenvalue weighted by Crippen LogP contribution is -2.02. The fourth-order valence-electron chi connectivity index (χ4n) is 1.82. The van der Waals surface area contributed by atoms with Crippen molar-refractivity contribution < 1.29 is 9.26 Å². The first kappa shape index (κ1) is 15.4. The number of rotatable bonds is 7. The van der Waals surface area contributed by atoms with Gasteiger partial charge in [0.2, 0.25) is 5.88 Å². The zero-order valence-corrected chi connectivity index (χ0v) is 12.5. The summed E-state index contributed by atoms with van der Waals surface area (Å²) in [5.74, 6) is 1.25. The Morgan fingerprint density at radius 3 is 3.05 bits per heavy atom. The number of methoxy groups -OCH3 is 1. The average Bonchev–Trinajstić information content (AvgIpc) is 3.05. The van der Waals surface area contributed by atoms with E-state index in [4.69, 9.17) is 15.0 Å². The zero-order chi connectivity index (χ0) is 15.1. The molecule has 2 aromatic rings. The van der Waals surface area contributed by atoms with E-state index in [9.17, 15) is 5.26 Å². The second-order valence-electron chi connectivity index (χ2n) is 4.29. The van der Waals surface area contributed by atoms with Crippen LogP contribution < -0.4 is 10.5 Å². The smallest absolute Gasteiger partial charge is 0.214 e. The lowest BCUT2D eigenvalue weighted by atomic mass is 10.2. The molecule has 2 N–H and O–H groups in total. The summed E-state index contributed by atoms with van der Waals surface area (Å²) in [5.41, 5.74) is 6.10. The molecule has 1 unspecified atom stereocenters. The maximum absolute atomic E-state index is 9.20. The highest BCUT2D eigenvalue weighted by molar-refractivity contribution is 7.99. The third-order valence-electron chi connectivity index (χ3n) is 2.89. The second kappa shape index (κ2) is 7.67. The predicted octanol–water partition coefficient (Wildman–Crippen LogP) is 2.52. The van der Waals surface area contributed by atoms with Crippen LogP contribution in [0.5, 0.6) is 5.88 Å². The van der Waals surface area contributed by atoms with Crippen molar-refractivity contribution >= 4 is 11.8 Å². The Kier molecular flexibility index (Phi) is 5.60. The maximum atomic E-state index is 9.20. The first-order valence-corrected chi connectivity index (χ1v) is 7.38. The summed E-state index contributed by atoms with van der Waals surface area (Å²) < 4.78 is 10.4. The topological polar surface area (TPSA) is 98.0 Å². The number of hydrogen-bond donors (Lipinski definition) is 1. The van der Waals surface area contributed by atoms with Gasteiger partial charge >= 0.3 is 0 Å². The summed E-state index contributed by atoms with van der Waals surface area (Å²) in [6.07, 6.45) is 4.83. The molecule has 2 aromatic heterocycles. The number of nitriles is 1. The van der Waals surface area contributed by atoms with Crippen molar-refractivity contribution in [3.05, 3.63) is 35.9 Å². The minimum absolute atomic E-state index is 0.0512. The highest BCUT2D eigenvalue weighted by atomic mass is 32.2. The molecule has 0 aromatic carbocycles. The second-order valence-corrected chi connectivity index (χ2v) is 5.53. The van der Waals surface area contributed by atoms with Gasteiger partial charge in [0.05, 0.1) is 24.1 Å². The molecule has 0 fully saturated rings. The molecule has 2 rings (SSSR count). The summed E-state index contributed by atoms with van der Waals surface area (Å²) in [6.45, 7) is 0.607. The molecule has 0 saturated carbocycles. The van der Waals surface area contributed by atoms with Gasteiger partial charge in [-0.15, -0.1) is 11.8 Å². The standard InChI is InChI=1S/C14H16N4O2S/c1-19-14-7-13(10(8-16)9-17-14)21-12(3-2-5-15)11-4-6-18-20-11/h4,6-7,9,12H,2-3,5,15H2,1H3. The lowest BCUT2D eigenvalue weighted by Gasteiger charge is -2.14. The summed E-state index contributed by atoms with van der Waals surface area (Å²) in [5, 5.41) is 13.0. The van der Waals surface area contributed by atoms with E-state index in [0.717, 1.165) is 23.5 Å². The van der Waals surface area contributed by atoms with Gasteiger partial charge < -0.3 is 15.0 Å². The van der Waals surface area contributed by atoms with Crippen molar-refractivity contribution in [1.29, 1.82) is 5.26 Å². The quantitative estimate of drug-likeness (QED) is 0.785. The molecule has 0 aliphatic carbocycles. The van der Waals surface area contributed by atoms with Crippen LogP contribution in [-0.2, 0) is 0 Å². The Labute approximate surface area is 127 Å². The monoisotopic (exact) mass is 304 g/mol. The SMILES string of the molecule is COc1cc(SC(CCCN)c2ccno2)c(C#N)cn1. The molecule has 0 bridgehead atoms. The summed E-state index contributed by atoms with van der Waals surface area (Å²) in [4.78, 5) is 4.86. The summed E-state index contributed by atoms with van der Waals surface area (Å²) in [7, 11) is 1.55. The Balaban J connectivity index is 2.25. The predicted molar refractivity (Wildman–Crippen MR) is 78.9 cm³/mol. The third kappa shape index (κ3) is 3.97. The van der Waals surface area contributed by atoms with E-state index in [1.165, 1.54) is 18.0 Å². The van der Waals surface area contributed by atoms with E-state index in [0.29, 0.717) is 18.0 Å². The number of thioether (sulfide) groups is 1. The molecule has 110 valence electrons. The van der Waals surface area contributed by atoms with Gasteiger partial charge in [0.25, 0.3) is 0 Å². The largest absolute Gasteiger partial charge is 0.481 e. The van der Waals surface area contributed by atoms with Gasteiger partial charge in [0.1, 0.15) is 11.8 Å². The van der Waals surface area contributed by atoms with Crippen LogP contribution >= 0.6 is 11.8 Å². The highest BCUT2D eigenvalue weighted by Gasteiger charge is 2.19. The molecule has 6 nitrogen and oxygen atoms in total. The van der Waals surface area contributed by atoms with Gasteiger partial charge in [-0.25, -0.2) is 4.98 Å². The average molecular weight is 304 g/mol. The van der Waals surface area contributed by atoms with Crippen molar-refractivity contribution in [3.8, 4) is 11.9 Å². The van der Waals surface area contributed by atoms with Crippen LogP contribution in [0.15, 0.2) is 33.9 Å². The molecule has 7 heteroatoms. The molecule has 0 aliphatic heterocycles. The van der Waals surface area contributed by atoms with E-state index >= 15 is 0 Å². The number of hydrogen-bond acceptors (Lipinski definition) is 7. The van der Waals surface area contributed by atoms with Crippen LogP contribution in [0, 0.1) is 11.3 Å². The first-order valence-electron chi connectivity index (χ1n) is 6.50. The van der Waals surface area contributed by atoms with E-state index in [2.05, 4.69) is 16.2 Å². The Bertz CT molecular complexity index is 610. The van der Waals surface area contributed by atoms with Crippen LogP contribution in [-0.4, -0.2) is 23.8 Å². The number of nitrogens with two attached hydrogens (primary N) is 1. The number of pyridine rings is 1. The molecule has 1 atom stereocenters. The van der Waals surface area contributed by atoms with Gasteiger partial charge in [-0.2, -0.15) is 5.26 Å². The minimum Gasteiger partial charge on any atom is -0.481 e. The Morgan fingerprint density at radius 2 is 2.43 bits per heavy atom. The van der Waals surface area contributed by atoms with Gasteiger partial charge in [0, 0.05) is 23.2 Å². The van der Waals surface area contributed by atoms with Crippen molar-refractivity contribution in [3.63, 3.8) is 0 Å². The van der Waals surface area contributed by atoms with Crippen LogP contribution in [0.1, 0.15) is 29.4 Å². The fraction of sp³-hybridized carbons (Fsp3) is 0.357. The molecule has 0 radical (unpaired) electrons. The molecule has 2 heterocycles. The summed E-state index contributed by atoms with van der Waals surface area (Å²) >= 11 is 1.54. The van der Waals surface area contributed by atoms with E-state index in [-0.39, 0.29) is 5.25 Å². The Morgan fingerprint density at radius 1 is 1.57 bits per heavy atom. The molecular formula is C14H16N4O2S. The van der Waals surface area contributed by atoms with Crippen LogP contribution in [0.3, 0.4) is 0 Å². The van der Waals surface area contributed by atoms with E-state index in [1.54, 1.807) is 19.4 Å². The lowest BCUT2D eigenvalue weighted by molar-refractivity contribution is 0.377. The fourth-order valence-corrected chi connectivity index (χ4v) is 3.04. The van der Waals surface area contributed by atoms with Crippen molar-refractivity contribution in [1.82, 2.24) is 10.1 Å². The molecule has 21 heavy (non-hydrogen) atoms. The van der Waals surface area contributed by atoms with Gasteiger partial charge in [-0.05, 0) is 19.4 Å². The highest BCUT2D eigenvalue weighted by Crippen LogP contribution is 2.40. The van der Waals surface area contributed by atoms with Gasteiger partial charge in [-0.3, -0.25) is 0 Å². The minimum atomic E-state index is 0.0512. The van der Waals surface area contributed by atoms with Crippen LogP contribution in [0.2, 0.25) is 0 Å². The zero-order valence-electron chi connectivity index (χ0n) is 11.7. The molecule has 0 saturated heterocycles. The molecule has 0 amide bonds. The van der Waals surface area contributed by atoms with E-state index in [1.807, 2.05) is 6.07 Å². The van der Waals surface area contributed by atoms with Crippen LogP contribution in [0.4, 0.5) is 0 Å². The molecular weight excluding hydrogens is 288 g/mol. The summed E-state index contributed by atoms with van der Waals surface area (Å²) in [6, 6.07) is 5.73. The van der Waals surface area contributed by atoms with Gasteiger partial charge in [0.15, 0.2) is 0 Å². The van der Waals surface area contributed by atoms with Crippen LogP contribution in [0.25, 0.3) is 0 Å². The number of aromatic nitrogens is 2. The first-order chi connectivity index (χ1) is 10.3. The third-order valence-corrected chi connectivity index (χ3v) is 4.23. The van der Waals surface area contributed by atoms with Gasteiger partial charge in [-0.1, -0.05) is 5.16 Å². The number of nitrogens with zero attached hydrogens (tertiary/aromatic N) is 3. The van der Waals surface area contributed by atoms with Crippen molar-refractivity contribution in [2.75, 3.05) is 13.7 Å². The number of ether oxygens (including phenoxy) is 1.